The minimum absolute atomic E-state index is 0.00688. The molecular formula is C12H15F3N2OS. The van der Waals surface area contributed by atoms with Crippen molar-refractivity contribution in [3.63, 3.8) is 0 Å². The topological polar surface area (TPSA) is 41.1 Å². The molecule has 0 aliphatic rings. The molecule has 0 heterocycles. The maximum Gasteiger partial charge on any atom is 0.418 e. The Balaban J connectivity index is 2.95. The lowest BCUT2D eigenvalue weighted by atomic mass is 10.1. The molecule has 0 radical (unpaired) electrons. The van der Waals surface area contributed by atoms with Crippen molar-refractivity contribution >= 4 is 23.4 Å². The molecule has 19 heavy (non-hydrogen) atoms. The molecule has 7 heteroatoms. The second-order valence-corrected chi connectivity index (χ2v) is 4.74. The molecule has 0 aromatic heterocycles. The number of halogens is 3. The number of hydrogen-bond donors (Lipinski definition) is 2. The highest BCUT2D eigenvalue weighted by Gasteiger charge is 2.34. The fourth-order valence-electron chi connectivity index (χ4n) is 1.51. The van der Waals surface area contributed by atoms with Crippen molar-refractivity contribution in [3.05, 3.63) is 29.3 Å². The molecular weight excluding hydrogens is 277 g/mol. The summed E-state index contributed by atoms with van der Waals surface area (Å²) in [6.45, 7) is 0.426. The largest absolute Gasteiger partial charge is 0.418 e. The zero-order valence-corrected chi connectivity index (χ0v) is 11.4. The zero-order valence-electron chi connectivity index (χ0n) is 10.6. The van der Waals surface area contributed by atoms with Crippen LogP contribution in [0.25, 0.3) is 0 Å². The fraction of sp³-hybridized carbons (Fsp3) is 0.417. The van der Waals surface area contributed by atoms with Gasteiger partial charge in [-0.05, 0) is 24.5 Å². The first-order valence-electron chi connectivity index (χ1n) is 5.56. The van der Waals surface area contributed by atoms with E-state index in [4.69, 9.17) is 0 Å². The first-order chi connectivity index (χ1) is 8.90. The number of carbonyl (C=O) groups is 1. The number of benzene rings is 1. The molecule has 1 rings (SSSR count). The Hall–Kier alpha value is -1.37. The van der Waals surface area contributed by atoms with Gasteiger partial charge >= 0.3 is 6.18 Å². The summed E-state index contributed by atoms with van der Waals surface area (Å²) in [5.74, 6) is 0.217. The number of thioether (sulfide) groups is 1. The first kappa shape index (κ1) is 15.7. The van der Waals surface area contributed by atoms with Crippen molar-refractivity contribution < 1.29 is 18.0 Å². The Morgan fingerprint density at radius 3 is 2.58 bits per heavy atom. The summed E-state index contributed by atoms with van der Waals surface area (Å²) >= 11 is 1.55. The van der Waals surface area contributed by atoms with Gasteiger partial charge in [-0.15, -0.1) is 0 Å². The minimum Gasteiger partial charge on any atom is -0.388 e. The van der Waals surface area contributed by atoms with Crippen LogP contribution in [-0.2, 0) is 6.18 Å². The van der Waals surface area contributed by atoms with E-state index in [1.54, 1.807) is 11.8 Å². The van der Waals surface area contributed by atoms with Crippen LogP contribution in [0.15, 0.2) is 18.2 Å². The number of hydrogen-bond acceptors (Lipinski definition) is 3. The number of anilines is 1. The fourth-order valence-corrected chi connectivity index (χ4v) is 1.81. The molecule has 3 nitrogen and oxygen atoms in total. The molecule has 0 saturated heterocycles. The highest BCUT2D eigenvalue weighted by Crippen LogP contribution is 2.35. The van der Waals surface area contributed by atoms with E-state index in [0.717, 1.165) is 6.07 Å². The van der Waals surface area contributed by atoms with Gasteiger partial charge in [0.25, 0.3) is 5.91 Å². The van der Waals surface area contributed by atoms with Crippen molar-refractivity contribution in [2.45, 2.75) is 6.18 Å². The summed E-state index contributed by atoms with van der Waals surface area (Å²) in [4.78, 5) is 11.7. The molecule has 0 fully saturated rings. The van der Waals surface area contributed by atoms with Gasteiger partial charge in [0.05, 0.1) is 5.56 Å². The average molecular weight is 292 g/mol. The Labute approximate surface area is 114 Å². The average Bonchev–Trinajstić information content (AvgIpc) is 2.37. The smallest absolute Gasteiger partial charge is 0.388 e. The van der Waals surface area contributed by atoms with Crippen LogP contribution in [0.5, 0.6) is 0 Å². The van der Waals surface area contributed by atoms with Crippen LogP contribution in [0.3, 0.4) is 0 Å². The van der Waals surface area contributed by atoms with Crippen molar-refractivity contribution in [1.29, 1.82) is 0 Å². The lowest BCUT2D eigenvalue weighted by Crippen LogP contribution is -2.26. The van der Waals surface area contributed by atoms with Crippen LogP contribution < -0.4 is 10.6 Å². The number of amides is 1. The molecule has 1 amide bonds. The van der Waals surface area contributed by atoms with Crippen LogP contribution in [0.2, 0.25) is 0 Å². The van der Waals surface area contributed by atoms with Gasteiger partial charge in [-0.2, -0.15) is 24.9 Å². The summed E-state index contributed by atoms with van der Waals surface area (Å²) in [5, 5.41) is 5.03. The summed E-state index contributed by atoms with van der Waals surface area (Å²) in [6, 6.07) is 3.49. The molecule has 0 spiro atoms. The van der Waals surface area contributed by atoms with E-state index in [1.807, 2.05) is 6.26 Å². The number of nitrogens with one attached hydrogen (secondary N) is 2. The molecule has 1 aromatic rings. The van der Waals surface area contributed by atoms with E-state index in [9.17, 15) is 18.0 Å². The van der Waals surface area contributed by atoms with Gasteiger partial charge in [0.1, 0.15) is 0 Å². The Morgan fingerprint density at radius 2 is 2.05 bits per heavy atom. The third kappa shape index (κ3) is 4.34. The third-order valence-corrected chi connectivity index (χ3v) is 3.06. The summed E-state index contributed by atoms with van der Waals surface area (Å²) in [7, 11) is 1.41. The third-order valence-electron chi connectivity index (χ3n) is 2.45. The van der Waals surface area contributed by atoms with Crippen molar-refractivity contribution in [2.24, 2.45) is 0 Å². The van der Waals surface area contributed by atoms with Gasteiger partial charge < -0.3 is 10.6 Å². The van der Waals surface area contributed by atoms with Crippen LogP contribution in [0.1, 0.15) is 15.9 Å². The van der Waals surface area contributed by atoms with E-state index >= 15 is 0 Å². The van der Waals surface area contributed by atoms with E-state index in [0.29, 0.717) is 12.3 Å². The Bertz CT molecular complexity index is 449. The van der Waals surface area contributed by atoms with Gasteiger partial charge in [0, 0.05) is 30.6 Å². The maximum absolute atomic E-state index is 12.8. The van der Waals surface area contributed by atoms with Crippen LogP contribution in [0.4, 0.5) is 18.9 Å². The molecule has 0 unspecified atom stereocenters. The van der Waals surface area contributed by atoms with Gasteiger partial charge in [-0.1, -0.05) is 0 Å². The van der Waals surface area contributed by atoms with Gasteiger partial charge in [0.15, 0.2) is 0 Å². The van der Waals surface area contributed by atoms with Crippen molar-refractivity contribution in [3.8, 4) is 0 Å². The van der Waals surface area contributed by atoms with E-state index in [-0.39, 0.29) is 11.3 Å². The SMILES string of the molecule is CNc1ccc(C(=O)NCCSC)cc1C(F)(F)F. The van der Waals surface area contributed by atoms with Crippen LogP contribution >= 0.6 is 11.8 Å². The van der Waals surface area contributed by atoms with Gasteiger partial charge in [-0.3, -0.25) is 4.79 Å². The predicted molar refractivity (Wildman–Crippen MR) is 71.7 cm³/mol. The number of carbonyl (C=O) groups excluding carboxylic acids is 1. The van der Waals surface area contributed by atoms with E-state index in [2.05, 4.69) is 10.6 Å². The Morgan fingerprint density at radius 1 is 1.37 bits per heavy atom. The highest BCUT2D eigenvalue weighted by molar-refractivity contribution is 7.98. The van der Waals surface area contributed by atoms with E-state index < -0.39 is 17.6 Å². The quantitative estimate of drug-likeness (QED) is 0.820. The Kier molecular flexibility index (Phi) is 5.53. The molecule has 0 saturated carbocycles. The predicted octanol–water partition coefficient (Wildman–Crippen LogP) is 2.84. The van der Waals surface area contributed by atoms with Gasteiger partial charge in [-0.25, -0.2) is 0 Å². The molecule has 0 atom stereocenters. The molecule has 0 aliphatic carbocycles. The molecule has 2 N–H and O–H groups in total. The molecule has 0 bridgehead atoms. The van der Waals surface area contributed by atoms with Crippen molar-refractivity contribution in [1.82, 2.24) is 5.32 Å². The summed E-state index contributed by atoms with van der Waals surface area (Å²) in [5.41, 5.74) is -0.881. The van der Waals surface area contributed by atoms with Crippen LogP contribution in [-0.4, -0.2) is 31.5 Å². The maximum atomic E-state index is 12.8. The number of rotatable bonds is 5. The minimum atomic E-state index is -4.49. The zero-order chi connectivity index (χ0) is 14.5. The second-order valence-electron chi connectivity index (χ2n) is 3.76. The second kappa shape index (κ2) is 6.70. The normalized spacial score (nSPS) is 11.2. The molecule has 0 aliphatic heterocycles. The van der Waals surface area contributed by atoms with Crippen LogP contribution in [0, 0.1) is 0 Å². The lowest BCUT2D eigenvalue weighted by molar-refractivity contribution is -0.136. The summed E-state index contributed by atoms with van der Waals surface area (Å²) < 4.78 is 38.4. The first-order valence-corrected chi connectivity index (χ1v) is 6.95. The van der Waals surface area contributed by atoms with Gasteiger partial charge in [0.2, 0.25) is 0 Å². The molecule has 1 aromatic carbocycles. The number of alkyl halides is 3. The van der Waals surface area contributed by atoms with E-state index in [1.165, 1.54) is 19.2 Å². The lowest BCUT2D eigenvalue weighted by Gasteiger charge is -2.14. The highest BCUT2D eigenvalue weighted by atomic mass is 32.2. The monoisotopic (exact) mass is 292 g/mol. The standard InChI is InChI=1S/C12H15F3N2OS/c1-16-10-4-3-8(7-9(10)12(13,14)15)11(18)17-5-6-19-2/h3-4,7,16H,5-6H2,1-2H3,(H,17,18). The van der Waals surface area contributed by atoms with Crippen molar-refractivity contribution in [2.75, 3.05) is 30.9 Å². The summed E-state index contributed by atoms with van der Waals surface area (Å²) in [6.07, 6.45) is -2.61. The molecule has 106 valence electrons.